The lowest BCUT2D eigenvalue weighted by Crippen LogP contribution is -2.48. The second-order valence-corrected chi connectivity index (χ2v) is 7.52. The van der Waals surface area contributed by atoms with E-state index >= 15 is 0 Å². The molecule has 1 saturated heterocycles. The van der Waals surface area contributed by atoms with E-state index in [0.29, 0.717) is 12.1 Å². The van der Waals surface area contributed by atoms with Crippen molar-refractivity contribution in [2.45, 2.75) is 25.3 Å². The number of sulfonamides is 1. The van der Waals surface area contributed by atoms with Gasteiger partial charge in [-0.3, -0.25) is 4.79 Å². The van der Waals surface area contributed by atoms with Crippen molar-refractivity contribution in [2.75, 3.05) is 19.3 Å². The highest BCUT2D eigenvalue weighted by Gasteiger charge is 2.25. The van der Waals surface area contributed by atoms with Gasteiger partial charge in [-0.15, -0.1) is 0 Å². The number of rotatable bonds is 5. The van der Waals surface area contributed by atoms with Crippen LogP contribution in [0.25, 0.3) is 6.08 Å². The van der Waals surface area contributed by atoms with Crippen molar-refractivity contribution < 1.29 is 17.6 Å². The number of nitrogens with one attached hydrogen (secondary N) is 1. The SMILES string of the molecule is CS(=O)(=O)NC[C@H]1CCCCN1C(=O)/C=C\c1cccc(F)c1. The second-order valence-electron chi connectivity index (χ2n) is 5.69. The zero-order valence-electron chi connectivity index (χ0n) is 13.0. The van der Waals surface area contributed by atoms with E-state index in [4.69, 9.17) is 0 Å². The summed E-state index contributed by atoms with van der Waals surface area (Å²) in [6.07, 6.45) is 6.71. The average Bonchev–Trinajstić information content (AvgIpc) is 2.50. The van der Waals surface area contributed by atoms with Crippen molar-refractivity contribution in [3.8, 4) is 0 Å². The number of benzene rings is 1. The maximum atomic E-state index is 13.1. The van der Waals surface area contributed by atoms with Crippen LogP contribution in [0, 0.1) is 5.82 Å². The van der Waals surface area contributed by atoms with Crippen LogP contribution in [0.5, 0.6) is 0 Å². The Morgan fingerprint density at radius 2 is 2.22 bits per heavy atom. The molecule has 1 aromatic rings. The van der Waals surface area contributed by atoms with E-state index in [1.165, 1.54) is 18.2 Å². The molecular weight excluding hydrogens is 319 g/mol. The molecule has 1 aliphatic heterocycles. The summed E-state index contributed by atoms with van der Waals surface area (Å²) >= 11 is 0. The fraction of sp³-hybridized carbons (Fsp3) is 0.438. The molecule has 2 rings (SSSR count). The fourth-order valence-electron chi connectivity index (χ4n) is 2.62. The lowest BCUT2D eigenvalue weighted by molar-refractivity contribution is -0.129. The molecular formula is C16H21FN2O3S. The van der Waals surface area contributed by atoms with Crippen molar-refractivity contribution in [2.24, 2.45) is 0 Å². The van der Waals surface area contributed by atoms with Gasteiger partial charge in [0.25, 0.3) is 0 Å². The minimum Gasteiger partial charge on any atom is -0.335 e. The van der Waals surface area contributed by atoms with Gasteiger partial charge in [0.1, 0.15) is 5.82 Å². The predicted octanol–water partition coefficient (Wildman–Crippen LogP) is 1.77. The molecule has 0 saturated carbocycles. The summed E-state index contributed by atoms with van der Waals surface area (Å²) in [5.41, 5.74) is 0.612. The smallest absolute Gasteiger partial charge is 0.246 e. The van der Waals surface area contributed by atoms with E-state index in [0.717, 1.165) is 25.5 Å². The Kier molecular flexibility index (Phi) is 5.90. The van der Waals surface area contributed by atoms with Gasteiger partial charge in [0.15, 0.2) is 0 Å². The molecule has 1 aliphatic rings. The zero-order valence-corrected chi connectivity index (χ0v) is 13.9. The van der Waals surface area contributed by atoms with Gasteiger partial charge in [0, 0.05) is 25.2 Å². The highest BCUT2D eigenvalue weighted by molar-refractivity contribution is 7.88. The first kappa shape index (κ1) is 17.6. The first-order valence-corrected chi connectivity index (χ1v) is 9.43. The number of piperidine rings is 1. The van der Waals surface area contributed by atoms with Crippen molar-refractivity contribution in [3.05, 3.63) is 41.7 Å². The number of carbonyl (C=O) groups is 1. The van der Waals surface area contributed by atoms with Gasteiger partial charge < -0.3 is 4.90 Å². The van der Waals surface area contributed by atoms with Crippen molar-refractivity contribution >= 4 is 22.0 Å². The number of amides is 1. The molecule has 7 heteroatoms. The van der Waals surface area contributed by atoms with Gasteiger partial charge >= 0.3 is 0 Å². The molecule has 1 amide bonds. The van der Waals surface area contributed by atoms with Gasteiger partial charge in [0.05, 0.1) is 6.26 Å². The molecule has 126 valence electrons. The molecule has 0 aromatic heterocycles. The summed E-state index contributed by atoms with van der Waals surface area (Å²) in [5.74, 6) is -0.540. The molecule has 5 nitrogen and oxygen atoms in total. The van der Waals surface area contributed by atoms with E-state index in [-0.39, 0.29) is 24.3 Å². The van der Waals surface area contributed by atoms with Crippen LogP contribution >= 0.6 is 0 Å². The second kappa shape index (κ2) is 7.70. The zero-order chi connectivity index (χ0) is 16.9. The van der Waals surface area contributed by atoms with Gasteiger partial charge in [-0.05, 0) is 43.0 Å². The van der Waals surface area contributed by atoms with E-state index in [9.17, 15) is 17.6 Å². The Labute approximate surface area is 136 Å². The summed E-state index contributed by atoms with van der Waals surface area (Å²) in [6.45, 7) is 0.820. The molecule has 1 N–H and O–H groups in total. The number of carbonyl (C=O) groups excluding carboxylic acids is 1. The Morgan fingerprint density at radius 1 is 1.43 bits per heavy atom. The third-order valence-corrected chi connectivity index (χ3v) is 4.45. The lowest BCUT2D eigenvalue weighted by Gasteiger charge is -2.35. The van der Waals surface area contributed by atoms with Crippen molar-refractivity contribution in [1.29, 1.82) is 0 Å². The number of hydrogen-bond acceptors (Lipinski definition) is 3. The van der Waals surface area contributed by atoms with Gasteiger partial charge in [-0.1, -0.05) is 12.1 Å². The standard InChI is InChI=1S/C16H21FN2O3S/c1-23(21,22)18-12-15-7-2-3-10-19(15)16(20)9-8-13-5-4-6-14(17)11-13/h4-6,8-9,11,15,18H,2-3,7,10,12H2,1H3/b9-8-/t15-/m1/s1. The monoisotopic (exact) mass is 340 g/mol. The van der Waals surface area contributed by atoms with Crippen molar-refractivity contribution in [3.63, 3.8) is 0 Å². The van der Waals surface area contributed by atoms with Crippen LogP contribution in [0.3, 0.4) is 0 Å². The summed E-state index contributed by atoms with van der Waals surface area (Å²) in [5, 5.41) is 0. The van der Waals surface area contributed by atoms with Crippen LogP contribution in [0.4, 0.5) is 4.39 Å². The lowest BCUT2D eigenvalue weighted by atomic mass is 10.0. The van der Waals surface area contributed by atoms with Crippen molar-refractivity contribution in [1.82, 2.24) is 9.62 Å². The highest BCUT2D eigenvalue weighted by Crippen LogP contribution is 2.17. The minimum absolute atomic E-state index is 0.150. The van der Waals surface area contributed by atoms with Crippen LogP contribution in [-0.4, -0.2) is 44.6 Å². The molecule has 0 bridgehead atoms. The fourth-order valence-corrected chi connectivity index (χ4v) is 3.12. The average molecular weight is 340 g/mol. The summed E-state index contributed by atoms with van der Waals surface area (Å²) in [6, 6.07) is 5.84. The van der Waals surface area contributed by atoms with Crippen LogP contribution in [0.1, 0.15) is 24.8 Å². The molecule has 1 heterocycles. The Balaban J connectivity index is 2.03. The van der Waals surface area contributed by atoms with Crippen LogP contribution in [0.2, 0.25) is 0 Å². The van der Waals surface area contributed by atoms with Gasteiger partial charge in [0.2, 0.25) is 15.9 Å². The third kappa shape index (κ3) is 5.76. The quantitative estimate of drug-likeness (QED) is 0.831. The summed E-state index contributed by atoms with van der Waals surface area (Å²) < 4.78 is 38.0. The summed E-state index contributed by atoms with van der Waals surface area (Å²) in [7, 11) is -3.28. The number of hydrogen-bond donors (Lipinski definition) is 1. The molecule has 0 spiro atoms. The van der Waals surface area contributed by atoms with Crippen LogP contribution < -0.4 is 4.72 Å². The largest absolute Gasteiger partial charge is 0.335 e. The Bertz CT molecular complexity index is 688. The topological polar surface area (TPSA) is 66.5 Å². The molecule has 0 unspecified atom stereocenters. The first-order valence-electron chi connectivity index (χ1n) is 7.54. The minimum atomic E-state index is -3.28. The number of likely N-dealkylation sites (tertiary alicyclic amines) is 1. The molecule has 23 heavy (non-hydrogen) atoms. The normalized spacial score (nSPS) is 19.2. The molecule has 1 aromatic carbocycles. The van der Waals surface area contributed by atoms with Gasteiger partial charge in [-0.2, -0.15) is 0 Å². The highest BCUT2D eigenvalue weighted by atomic mass is 32.2. The predicted molar refractivity (Wildman–Crippen MR) is 87.6 cm³/mol. The van der Waals surface area contributed by atoms with Crippen LogP contribution in [-0.2, 0) is 14.8 Å². The molecule has 1 atom stereocenters. The maximum Gasteiger partial charge on any atom is 0.246 e. The number of halogens is 1. The maximum absolute atomic E-state index is 13.1. The Morgan fingerprint density at radius 3 is 2.91 bits per heavy atom. The van der Waals surface area contributed by atoms with E-state index < -0.39 is 10.0 Å². The molecule has 0 radical (unpaired) electrons. The summed E-state index contributed by atoms with van der Waals surface area (Å²) in [4.78, 5) is 14.0. The third-order valence-electron chi connectivity index (χ3n) is 3.76. The number of nitrogens with zero attached hydrogens (tertiary/aromatic N) is 1. The van der Waals surface area contributed by atoms with E-state index in [1.807, 2.05) is 0 Å². The Hall–Kier alpha value is -1.73. The molecule has 1 fully saturated rings. The van der Waals surface area contributed by atoms with Gasteiger partial charge in [-0.25, -0.2) is 17.5 Å². The van der Waals surface area contributed by atoms with E-state index in [2.05, 4.69) is 4.72 Å². The van der Waals surface area contributed by atoms with Crippen LogP contribution in [0.15, 0.2) is 30.3 Å². The first-order chi connectivity index (χ1) is 10.8. The van der Waals surface area contributed by atoms with E-state index in [1.54, 1.807) is 23.1 Å². The molecule has 0 aliphatic carbocycles.